The van der Waals surface area contributed by atoms with Crippen LogP contribution >= 0.6 is 0 Å². The van der Waals surface area contributed by atoms with E-state index in [1.165, 1.54) is 13.0 Å². The Balaban J connectivity index is 2.11. The molecule has 2 aliphatic rings. The Morgan fingerprint density at radius 3 is 3.08 bits per heavy atom. The van der Waals surface area contributed by atoms with Crippen molar-refractivity contribution < 1.29 is 4.74 Å². The number of hydrogen-bond donors (Lipinski definition) is 1. The molecule has 2 aliphatic heterocycles. The number of nitrogens with two attached hydrogens (primary N) is 1. The first-order chi connectivity index (χ1) is 5.77. The predicted octanol–water partition coefficient (Wildman–Crippen LogP) is -0.0866. The third-order valence-electron chi connectivity index (χ3n) is 3.40. The molecule has 0 aromatic heterocycles. The molecule has 2 N–H and O–H groups in total. The Bertz CT molecular complexity index is 166. The summed E-state index contributed by atoms with van der Waals surface area (Å²) in [6, 6.07) is 0. The number of ether oxygens (including phenoxy) is 1. The zero-order valence-corrected chi connectivity index (χ0v) is 7.75. The second-order valence-corrected chi connectivity index (χ2v) is 4.29. The third-order valence-corrected chi connectivity index (χ3v) is 3.40. The summed E-state index contributed by atoms with van der Waals surface area (Å²) in [6.45, 7) is 5.01. The van der Waals surface area contributed by atoms with Gasteiger partial charge in [0.25, 0.3) is 0 Å². The largest absolute Gasteiger partial charge is 0.381 e. The first kappa shape index (κ1) is 8.48. The Morgan fingerprint density at radius 1 is 1.67 bits per heavy atom. The van der Waals surface area contributed by atoms with Gasteiger partial charge in [-0.15, -0.1) is 0 Å². The molecule has 70 valence electrons. The number of nitrogens with zero attached hydrogens (tertiary/aromatic N) is 1. The van der Waals surface area contributed by atoms with Gasteiger partial charge in [0.1, 0.15) is 0 Å². The van der Waals surface area contributed by atoms with E-state index in [2.05, 4.69) is 11.9 Å². The van der Waals surface area contributed by atoms with Crippen LogP contribution in [0.2, 0.25) is 0 Å². The molecule has 3 heteroatoms. The fourth-order valence-electron chi connectivity index (χ4n) is 2.70. The van der Waals surface area contributed by atoms with Crippen LogP contribution in [0, 0.1) is 11.3 Å². The first-order valence-corrected chi connectivity index (χ1v) is 4.73. The molecule has 0 saturated carbocycles. The van der Waals surface area contributed by atoms with Crippen molar-refractivity contribution in [3.8, 4) is 0 Å². The lowest BCUT2D eigenvalue weighted by atomic mass is 9.77. The van der Waals surface area contributed by atoms with E-state index in [-0.39, 0.29) is 0 Å². The second-order valence-electron chi connectivity index (χ2n) is 4.29. The van der Waals surface area contributed by atoms with Gasteiger partial charge in [-0.2, -0.15) is 0 Å². The average Bonchev–Trinajstić information content (AvgIpc) is 2.60. The van der Waals surface area contributed by atoms with E-state index in [1.807, 2.05) is 0 Å². The van der Waals surface area contributed by atoms with Crippen LogP contribution in [0.5, 0.6) is 0 Å². The number of likely N-dealkylation sites (tertiary alicyclic amines) is 1. The molecule has 12 heavy (non-hydrogen) atoms. The monoisotopic (exact) mass is 170 g/mol. The maximum Gasteiger partial charge on any atom is 0.0539 e. The molecule has 0 aliphatic carbocycles. The zero-order valence-electron chi connectivity index (χ0n) is 7.75. The van der Waals surface area contributed by atoms with Gasteiger partial charge in [0, 0.05) is 25.1 Å². The molecule has 0 aromatic carbocycles. The summed E-state index contributed by atoms with van der Waals surface area (Å²) in [4.78, 5) is 2.38. The summed E-state index contributed by atoms with van der Waals surface area (Å²) in [7, 11) is 2.18. The molecule has 2 heterocycles. The maximum atomic E-state index is 5.77. The highest BCUT2D eigenvalue weighted by Crippen LogP contribution is 2.41. The lowest BCUT2D eigenvalue weighted by Gasteiger charge is -2.27. The van der Waals surface area contributed by atoms with Gasteiger partial charge >= 0.3 is 0 Å². The van der Waals surface area contributed by atoms with E-state index >= 15 is 0 Å². The normalized spacial score (nSPS) is 43.0. The summed E-state index contributed by atoms with van der Waals surface area (Å²) < 4.78 is 5.48. The minimum atomic E-state index is 0.406. The Kier molecular flexibility index (Phi) is 2.10. The van der Waals surface area contributed by atoms with Gasteiger partial charge in [-0.1, -0.05) is 0 Å². The third kappa shape index (κ3) is 1.16. The molecule has 2 saturated heterocycles. The molecule has 0 bridgehead atoms. The lowest BCUT2D eigenvalue weighted by Crippen LogP contribution is -2.34. The second kappa shape index (κ2) is 2.98. The molecule has 0 amide bonds. The molecule has 1 spiro atoms. The molecule has 2 rings (SSSR count). The van der Waals surface area contributed by atoms with Gasteiger partial charge in [0.2, 0.25) is 0 Å². The minimum absolute atomic E-state index is 0.406. The quantitative estimate of drug-likeness (QED) is 0.598. The van der Waals surface area contributed by atoms with Crippen molar-refractivity contribution in [1.29, 1.82) is 0 Å². The van der Waals surface area contributed by atoms with Crippen LogP contribution in [0.1, 0.15) is 6.42 Å². The standard InChI is InChI=1S/C9H18N2O/c1-11-5-8(4-10)9(6-11)2-3-12-7-9/h8H,2-7,10H2,1H3. The van der Waals surface area contributed by atoms with Crippen LogP contribution in [0.25, 0.3) is 0 Å². The summed E-state index contributed by atoms with van der Waals surface area (Å²) in [5.74, 6) is 0.657. The highest BCUT2D eigenvalue weighted by molar-refractivity contribution is 4.98. The van der Waals surface area contributed by atoms with Gasteiger partial charge < -0.3 is 15.4 Å². The number of rotatable bonds is 1. The van der Waals surface area contributed by atoms with Gasteiger partial charge in [-0.05, 0) is 25.9 Å². The topological polar surface area (TPSA) is 38.5 Å². The zero-order chi connectivity index (χ0) is 8.60. The lowest BCUT2D eigenvalue weighted by molar-refractivity contribution is 0.134. The number of hydrogen-bond acceptors (Lipinski definition) is 3. The molecular weight excluding hydrogens is 152 g/mol. The van der Waals surface area contributed by atoms with Crippen molar-refractivity contribution in [1.82, 2.24) is 4.90 Å². The van der Waals surface area contributed by atoms with Crippen molar-refractivity contribution >= 4 is 0 Å². The highest BCUT2D eigenvalue weighted by Gasteiger charge is 2.46. The van der Waals surface area contributed by atoms with Gasteiger partial charge in [0.05, 0.1) is 6.61 Å². The first-order valence-electron chi connectivity index (χ1n) is 4.73. The van der Waals surface area contributed by atoms with Crippen LogP contribution in [0.4, 0.5) is 0 Å². The summed E-state index contributed by atoms with van der Waals surface area (Å²) >= 11 is 0. The van der Waals surface area contributed by atoms with Gasteiger partial charge in [-0.25, -0.2) is 0 Å². The van der Waals surface area contributed by atoms with E-state index in [0.717, 1.165) is 26.3 Å². The highest BCUT2D eigenvalue weighted by atomic mass is 16.5. The van der Waals surface area contributed by atoms with Crippen LogP contribution < -0.4 is 5.73 Å². The van der Waals surface area contributed by atoms with Crippen molar-refractivity contribution in [3.63, 3.8) is 0 Å². The van der Waals surface area contributed by atoms with E-state index < -0.39 is 0 Å². The van der Waals surface area contributed by atoms with Crippen LogP contribution in [0.15, 0.2) is 0 Å². The van der Waals surface area contributed by atoms with E-state index in [0.29, 0.717) is 11.3 Å². The predicted molar refractivity (Wildman–Crippen MR) is 47.9 cm³/mol. The minimum Gasteiger partial charge on any atom is -0.381 e. The van der Waals surface area contributed by atoms with Crippen molar-refractivity contribution in [3.05, 3.63) is 0 Å². The summed E-state index contributed by atoms with van der Waals surface area (Å²) in [5, 5.41) is 0. The fraction of sp³-hybridized carbons (Fsp3) is 1.00. The van der Waals surface area contributed by atoms with E-state index in [1.54, 1.807) is 0 Å². The van der Waals surface area contributed by atoms with Crippen molar-refractivity contribution in [2.24, 2.45) is 17.1 Å². The average molecular weight is 170 g/mol. The molecule has 2 atom stereocenters. The Morgan fingerprint density at radius 2 is 2.50 bits per heavy atom. The van der Waals surface area contributed by atoms with Crippen molar-refractivity contribution in [2.75, 3.05) is 39.9 Å². The van der Waals surface area contributed by atoms with Crippen LogP contribution in [0.3, 0.4) is 0 Å². The van der Waals surface area contributed by atoms with Gasteiger partial charge in [0.15, 0.2) is 0 Å². The molecule has 0 radical (unpaired) electrons. The summed E-state index contributed by atoms with van der Waals surface area (Å²) in [6.07, 6.45) is 1.21. The maximum absolute atomic E-state index is 5.77. The SMILES string of the molecule is CN1CC(CN)C2(CCOC2)C1. The Hall–Kier alpha value is -0.120. The van der Waals surface area contributed by atoms with Crippen LogP contribution in [-0.2, 0) is 4.74 Å². The fourth-order valence-corrected chi connectivity index (χ4v) is 2.70. The molecule has 2 fully saturated rings. The van der Waals surface area contributed by atoms with Crippen LogP contribution in [-0.4, -0.2) is 44.8 Å². The smallest absolute Gasteiger partial charge is 0.0539 e. The van der Waals surface area contributed by atoms with E-state index in [9.17, 15) is 0 Å². The molecular formula is C9H18N2O. The van der Waals surface area contributed by atoms with Gasteiger partial charge in [-0.3, -0.25) is 0 Å². The Labute approximate surface area is 73.9 Å². The van der Waals surface area contributed by atoms with E-state index in [4.69, 9.17) is 10.5 Å². The summed E-state index contributed by atoms with van der Waals surface area (Å²) in [5.41, 5.74) is 6.17. The molecule has 0 aromatic rings. The molecule has 2 unspecified atom stereocenters. The van der Waals surface area contributed by atoms with Crippen molar-refractivity contribution in [2.45, 2.75) is 6.42 Å². The molecule has 3 nitrogen and oxygen atoms in total.